The Morgan fingerprint density at radius 2 is 1.95 bits per heavy atom. The first-order chi connectivity index (χ1) is 9.69. The average molecular weight is 269 g/mol. The Kier molecular flexibility index (Phi) is 3.40. The Hall–Kier alpha value is -1.94. The number of aliphatic hydroxyl groups is 1. The van der Waals surface area contributed by atoms with Crippen molar-refractivity contribution in [2.24, 2.45) is 0 Å². The van der Waals surface area contributed by atoms with Gasteiger partial charge >= 0.3 is 0 Å². The predicted molar refractivity (Wildman–Crippen MR) is 78.6 cm³/mol. The molecule has 0 aromatic carbocycles. The lowest BCUT2D eigenvalue weighted by Crippen LogP contribution is -2.43. The van der Waals surface area contributed by atoms with E-state index in [1.54, 1.807) is 6.20 Å². The van der Waals surface area contributed by atoms with Crippen LogP contribution in [0.1, 0.15) is 24.1 Å². The fourth-order valence-corrected chi connectivity index (χ4v) is 2.83. The number of hydrogen-bond acceptors (Lipinski definition) is 4. The Labute approximate surface area is 119 Å². The SMILES string of the molecule is Cc1cnccc1N1CCC(O)(c2ccccn2)CC1. The van der Waals surface area contributed by atoms with Gasteiger partial charge in [0.25, 0.3) is 0 Å². The number of nitrogens with zero attached hydrogens (tertiary/aromatic N) is 3. The van der Waals surface area contributed by atoms with E-state index in [0.717, 1.165) is 18.8 Å². The predicted octanol–water partition coefficient (Wildman–Crippen LogP) is 2.27. The maximum atomic E-state index is 10.8. The molecule has 0 atom stereocenters. The van der Waals surface area contributed by atoms with Gasteiger partial charge in [0.1, 0.15) is 5.60 Å². The summed E-state index contributed by atoms with van der Waals surface area (Å²) in [6.07, 6.45) is 6.85. The summed E-state index contributed by atoms with van der Waals surface area (Å²) in [5.41, 5.74) is 2.38. The van der Waals surface area contributed by atoms with Crippen molar-refractivity contribution in [3.63, 3.8) is 0 Å². The summed E-state index contributed by atoms with van der Waals surface area (Å²) in [5, 5.41) is 10.8. The van der Waals surface area contributed by atoms with E-state index in [9.17, 15) is 5.11 Å². The number of rotatable bonds is 2. The zero-order chi connectivity index (χ0) is 14.0. The van der Waals surface area contributed by atoms with Crippen LogP contribution in [0.2, 0.25) is 0 Å². The van der Waals surface area contributed by atoms with Crippen LogP contribution in [0.4, 0.5) is 5.69 Å². The van der Waals surface area contributed by atoms with Gasteiger partial charge < -0.3 is 10.0 Å². The highest BCUT2D eigenvalue weighted by Crippen LogP contribution is 2.33. The van der Waals surface area contributed by atoms with E-state index in [1.165, 1.54) is 11.3 Å². The topological polar surface area (TPSA) is 49.2 Å². The Morgan fingerprint density at radius 1 is 1.15 bits per heavy atom. The largest absolute Gasteiger partial charge is 0.383 e. The molecule has 0 spiro atoms. The van der Waals surface area contributed by atoms with Gasteiger partial charge in [-0.2, -0.15) is 0 Å². The second-order valence-electron chi connectivity index (χ2n) is 5.40. The Balaban J connectivity index is 1.76. The molecule has 2 aromatic rings. The molecular weight excluding hydrogens is 250 g/mol. The molecule has 1 fully saturated rings. The fraction of sp³-hybridized carbons (Fsp3) is 0.375. The van der Waals surface area contributed by atoms with Crippen molar-refractivity contribution >= 4 is 5.69 Å². The summed E-state index contributed by atoms with van der Waals surface area (Å²) >= 11 is 0. The summed E-state index contributed by atoms with van der Waals surface area (Å²) in [5.74, 6) is 0. The molecular formula is C16H19N3O. The lowest BCUT2D eigenvalue weighted by atomic mass is 9.87. The van der Waals surface area contributed by atoms with Gasteiger partial charge in [-0.05, 0) is 43.5 Å². The molecule has 1 aliphatic rings. The van der Waals surface area contributed by atoms with Gasteiger partial charge in [0.05, 0.1) is 5.69 Å². The van der Waals surface area contributed by atoms with Crippen LogP contribution < -0.4 is 4.90 Å². The molecule has 0 bridgehead atoms. The molecule has 20 heavy (non-hydrogen) atoms. The van der Waals surface area contributed by atoms with Crippen LogP contribution >= 0.6 is 0 Å². The number of aryl methyl sites for hydroxylation is 1. The molecule has 0 unspecified atom stereocenters. The van der Waals surface area contributed by atoms with Crippen LogP contribution in [-0.4, -0.2) is 28.2 Å². The highest BCUT2D eigenvalue weighted by molar-refractivity contribution is 5.52. The zero-order valence-corrected chi connectivity index (χ0v) is 11.7. The molecule has 1 saturated heterocycles. The van der Waals surface area contributed by atoms with Crippen LogP contribution in [0, 0.1) is 6.92 Å². The van der Waals surface area contributed by atoms with Gasteiger partial charge in [0.2, 0.25) is 0 Å². The van der Waals surface area contributed by atoms with Gasteiger partial charge in [0.15, 0.2) is 0 Å². The molecule has 0 saturated carbocycles. The molecule has 0 amide bonds. The third-order valence-corrected chi connectivity index (χ3v) is 4.06. The van der Waals surface area contributed by atoms with E-state index < -0.39 is 5.60 Å². The summed E-state index contributed by atoms with van der Waals surface area (Å²) in [4.78, 5) is 10.8. The summed E-state index contributed by atoms with van der Waals surface area (Å²) in [6.45, 7) is 3.73. The van der Waals surface area contributed by atoms with Crippen molar-refractivity contribution in [1.82, 2.24) is 9.97 Å². The average Bonchev–Trinajstić information content (AvgIpc) is 2.50. The maximum Gasteiger partial charge on any atom is 0.110 e. The van der Waals surface area contributed by atoms with Crippen molar-refractivity contribution in [2.75, 3.05) is 18.0 Å². The van der Waals surface area contributed by atoms with E-state index in [2.05, 4.69) is 21.8 Å². The molecule has 2 aromatic heterocycles. The quantitative estimate of drug-likeness (QED) is 0.908. The van der Waals surface area contributed by atoms with Gasteiger partial charge in [-0.25, -0.2) is 0 Å². The molecule has 1 N–H and O–H groups in total. The second-order valence-corrected chi connectivity index (χ2v) is 5.40. The molecule has 3 rings (SSSR count). The van der Waals surface area contributed by atoms with E-state index >= 15 is 0 Å². The molecule has 104 valence electrons. The minimum Gasteiger partial charge on any atom is -0.383 e. The number of hydrogen-bond donors (Lipinski definition) is 1. The monoisotopic (exact) mass is 269 g/mol. The van der Waals surface area contributed by atoms with Gasteiger partial charge in [0, 0.05) is 37.4 Å². The fourth-order valence-electron chi connectivity index (χ4n) is 2.83. The van der Waals surface area contributed by atoms with E-state index in [1.807, 2.05) is 36.7 Å². The van der Waals surface area contributed by atoms with Crippen LogP contribution in [0.15, 0.2) is 42.9 Å². The van der Waals surface area contributed by atoms with Crippen molar-refractivity contribution in [3.8, 4) is 0 Å². The molecule has 1 aliphatic heterocycles. The zero-order valence-electron chi connectivity index (χ0n) is 11.7. The third-order valence-electron chi connectivity index (χ3n) is 4.06. The molecule has 4 heteroatoms. The summed E-state index contributed by atoms with van der Waals surface area (Å²) in [7, 11) is 0. The van der Waals surface area contributed by atoms with Crippen molar-refractivity contribution in [1.29, 1.82) is 0 Å². The number of pyridine rings is 2. The standard InChI is InChI=1S/C16H19N3O/c1-13-12-17-9-5-14(13)19-10-6-16(20,7-11-19)15-4-2-3-8-18-15/h2-5,8-9,12,20H,6-7,10-11H2,1H3. The van der Waals surface area contributed by atoms with Gasteiger partial charge in [-0.3, -0.25) is 9.97 Å². The number of piperidine rings is 1. The summed E-state index contributed by atoms with van der Waals surface area (Å²) < 4.78 is 0. The van der Waals surface area contributed by atoms with Crippen molar-refractivity contribution in [3.05, 3.63) is 54.1 Å². The minimum absolute atomic E-state index is 0.700. The normalized spacial score (nSPS) is 18.0. The Bertz CT molecular complexity index is 577. The number of anilines is 1. The lowest BCUT2D eigenvalue weighted by Gasteiger charge is -2.39. The van der Waals surface area contributed by atoms with Gasteiger partial charge in [-0.15, -0.1) is 0 Å². The van der Waals surface area contributed by atoms with Crippen LogP contribution in [0.5, 0.6) is 0 Å². The first kappa shape index (κ1) is 13.1. The summed E-state index contributed by atoms with van der Waals surface area (Å²) in [6, 6.07) is 7.76. The first-order valence-corrected chi connectivity index (χ1v) is 6.98. The van der Waals surface area contributed by atoms with E-state index in [0.29, 0.717) is 12.8 Å². The van der Waals surface area contributed by atoms with Crippen LogP contribution in [0.25, 0.3) is 0 Å². The van der Waals surface area contributed by atoms with Gasteiger partial charge in [-0.1, -0.05) is 6.07 Å². The lowest BCUT2D eigenvalue weighted by molar-refractivity contribution is 0.00759. The van der Waals surface area contributed by atoms with Crippen molar-refractivity contribution < 1.29 is 5.11 Å². The third kappa shape index (κ3) is 2.39. The minimum atomic E-state index is -0.793. The van der Waals surface area contributed by atoms with Crippen LogP contribution in [0.3, 0.4) is 0 Å². The van der Waals surface area contributed by atoms with E-state index in [4.69, 9.17) is 0 Å². The Morgan fingerprint density at radius 3 is 2.60 bits per heavy atom. The van der Waals surface area contributed by atoms with Crippen LogP contribution in [-0.2, 0) is 5.60 Å². The molecule has 0 radical (unpaired) electrons. The highest BCUT2D eigenvalue weighted by atomic mass is 16.3. The second kappa shape index (κ2) is 5.21. The van der Waals surface area contributed by atoms with Crippen molar-refractivity contribution in [2.45, 2.75) is 25.4 Å². The highest BCUT2D eigenvalue weighted by Gasteiger charge is 2.35. The maximum absolute atomic E-state index is 10.8. The molecule has 4 nitrogen and oxygen atoms in total. The first-order valence-electron chi connectivity index (χ1n) is 6.98. The van der Waals surface area contributed by atoms with E-state index in [-0.39, 0.29) is 0 Å². The molecule has 0 aliphatic carbocycles. The smallest absolute Gasteiger partial charge is 0.110 e. The number of aromatic nitrogens is 2. The molecule has 3 heterocycles.